The first kappa shape index (κ1) is 16.7. The molecule has 0 aliphatic carbocycles. The van der Waals surface area contributed by atoms with Crippen LogP contribution in [-0.4, -0.2) is 33.0 Å². The van der Waals surface area contributed by atoms with E-state index in [2.05, 4.69) is 35.7 Å². The number of amides is 1. The Morgan fingerprint density at radius 1 is 1.29 bits per heavy atom. The number of nitrogens with zero attached hydrogens (tertiary/aromatic N) is 3. The zero-order chi connectivity index (χ0) is 16.9. The Morgan fingerprint density at radius 2 is 2.17 bits per heavy atom. The first-order valence-electron chi connectivity index (χ1n) is 8.55. The summed E-state index contributed by atoms with van der Waals surface area (Å²) in [7, 11) is 0. The highest BCUT2D eigenvalue weighted by atomic mass is 16.5. The number of aromatic nitrogens is 2. The molecule has 0 fully saturated rings. The van der Waals surface area contributed by atoms with Gasteiger partial charge in [0.25, 0.3) is 0 Å². The Balaban J connectivity index is 1.70. The average Bonchev–Trinajstić information content (AvgIpc) is 2.91. The van der Waals surface area contributed by atoms with E-state index < -0.39 is 0 Å². The summed E-state index contributed by atoms with van der Waals surface area (Å²) in [6, 6.07) is 9.92. The molecule has 128 valence electrons. The molecular weight excluding hydrogens is 302 g/mol. The lowest BCUT2D eigenvalue weighted by atomic mass is 10.1. The Bertz CT molecular complexity index is 666. The zero-order valence-corrected chi connectivity index (χ0v) is 14.4. The van der Waals surface area contributed by atoms with Gasteiger partial charge in [-0.1, -0.05) is 19.9 Å². The maximum Gasteiger partial charge on any atom is 0.223 e. The Morgan fingerprint density at radius 3 is 2.92 bits per heavy atom. The van der Waals surface area contributed by atoms with E-state index >= 15 is 0 Å². The molecule has 1 aliphatic heterocycles. The summed E-state index contributed by atoms with van der Waals surface area (Å²) in [4.78, 5) is 18.8. The molecular formula is C19H25N3O2. The van der Waals surface area contributed by atoms with Gasteiger partial charge >= 0.3 is 0 Å². The molecule has 2 aromatic heterocycles. The summed E-state index contributed by atoms with van der Waals surface area (Å²) in [5.74, 6) is 0.562. The van der Waals surface area contributed by atoms with Crippen LogP contribution in [0.4, 0.5) is 0 Å². The summed E-state index contributed by atoms with van der Waals surface area (Å²) in [5, 5.41) is 0. The van der Waals surface area contributed by atoms with Crippen LogP contribution in [0.2, 0.25) is 0 Å². The lowest BCUT2D eigenvalue weighted by Gasteiger charge is -2.25. The number of fused-ring (bicyclic) bond motifs is 1. The fourth-order valence-electron chi connectivity index (χ4n) is 3.01. The summed E-state index contributed by atoms with van der Waals surface area (Å²) >= 11 is 0. The molecule has 0 bridgehead atoms. The second kappa shape index (κ2) is 7.62. The monoisotopic (exact) mass is 327 g/mol. The predicted molar refractivity (Wildman–Crippen MR) is 92.1 cm³/mol. The third kappa shape index (κ3) is 4.23. The molecule has 5 nitrogen and oxygen atoms in total. The second-order valence-electron chi connectivity index (χ2n) is 6.78. The van der Waals surface area contributed by atoms with Gasteiger partial charge in [0, 0.05) is 31.1 Å². The van der Waals surface area contributed by atoms with Crippen LogP contribution in [-0.2, 0) is 29.2 Å². The van der Waals surface area contributed by atoms with E-state index in [1.807, 2.05) is 29.2 Å². The molecule has 0 saturated heterocycles. The molecule has 1 amide bonds. The van der Waals surface area contributed by atoms with Gasteiger partial charge in [-0.2, -0.15) is 0 Å². The molecule has 0 radical (unpaired) electrons. The fraction of sp³-hybridized carbons (Fsp3) is 0.474. The highest BCUT2D eigenvalue weighted by Gasteiger charge is 2.25. The Labute approximate surface area is 143 Å². The van der Waals surface area contributed by atoms with Gasteiger partial charge in [-0.05, 0) is 30.2 Å². The summed E-state index contributed by atoms with van der Waals surface area (Å²) in [5.41, 5.74) is 2.07. The van der Waals surface area contributed by atoms with Crippen molar-refractivity contribution in [3.8, 4) is 0 Å². The number of carbonyl (C=O) groups is 1. The molecule has 3 rings (SSSR count). The molecule has 0 unspecified atom stereocenters. The summed E-state index contributed by atoms with van der Waals surface area (Å²) < 4.78 is 8.27. The molecule has 1 aliphatic rings. The lowest BCUT2D eigenvalue weighted by Crippen LogP contribution is -2.37. The van der Waals surface area contributed by atoms with Crippen molar-refractivity contribution in [1.29, 1.82) is 0 Å². The Hall–Kier alpha value is -2.14. The first-order chi connectivity index (χ1) is 11.6. The molecule has 0 aromatic carbocycles. The normalized spacial score (nSPS) is 17.6. The smallest absolute Gasteiger partial charge is 0.223 e. The van der Waals surface area contributed by atoms with Crippen LogP contribution >= 0.6 is 0 Å². The topological polar surface area (TPSA) is 47.4 Å². The van der Waals surface area contributed by atoms with Gasteiger partial charge in [0.2, 0.25) is 5.91 Å². The molecule has 3 heterocycles. The lowest BCUT2D eigenvalue weighted by molar-refractivity contribution is -0.134. The molecule has 5 heteroatoms. The second-order valence-corrected chi connectivity index (χ2v) is 6.78. The highest BCUT2D eigenvalue weighted by Crippen LogP contribution is 2.18. The van der Waals surface area contributed by atoms with Crippen LogP contribution in [0, 0.1) is 5.92 Å². The van der Waals surface area contributed by atoms with Gasteiger partial charge in [0.05, 0.1) is 31.5 Å². The van der Waals surface area contributed by atoms with Crippen molar-refractivity contribution >= 4 is 5.91 Å². The van der Waals surface area contributed by atoms with Crippen LogP contribution in [0.25, 0.3) is 0 Å². The van der Waals surface area contributed by atoms with Crippen LogP contribution in [0.1, 0.15) is 31.7 Å². The van der Waals surface area contributed by atoms with Gasteiger partial charge in [0.15, 0.2) is 0 Å². The van der Waals surface area contributed by atoms with Crippen LogP contribution in [0.3, 0.4) is 0 Å². The predicted octanol–water partition coefficient (Wildman–Crippen LogP) is 2.86. The van der Waals surface area contributed by atoms with Crippen molar-refractivity contribution in [2.75, 3.05) is 6.54 Å². The molecule has 1 atom stereocenters. The van der Waals surface area contributed by atoms with Crippen molar-refractivity contribution in [1.82, 2.24) is 14.5 Å². The minimum absolute atomic E-state index is 0.0308. The molecule has 0 N–H and O–H groups in total. The third-order valence-electron chi connectivity index (χ3n) is 4.23. The number of carbonyl (C=O) groups excluding carboxylic acids is 1. The largest absolute Gasteiger partial charge is 0.368 e. The van der Waals surface area contributed by atoms with Gasteiger partial charge in [-0.3, -0.25) is 9.78 Å². The van der Waals surface area contributed by atoms with Crippen molar-refractivity contribution < 1.29 is 9.53 Å². The average molecular weight is 327 g/mol. The number of pyridine rings is 1. The number of ether oxygens (including phenoxy) is 1. The van der Waals surface area contributed by atoms with Crippen molar-refractivity contribution in [3.63, 3.8) is 0 Å². The quantitative estimate of drug-likeness (QED) is 0.848. The third-order valence-corrected chi connectivity index (χ3v) is 4.23. The van der Waals surface area contributed by atoms with Crippen LogP contribution < -0.4 is 0 Å². The number of hydrogen-bond acceptors (Lipinski definition) is 3. The number of hydrogen-bond donors (Lipinski definition) is 0. The van der Waals surface area contributed by atoms with Gasteiger partial charge in [-0.15, -0.1) is 0 Å². The molecule has 24 heavy (non-hydrogen) atoms. The number of rotatable bonds is 5. The van der Waals surface area contributed by atoms with E-state index in [0.717, 1.165) is 17.9 Å². The van der Waals surface area contributed by atoms with E-state index in [1.54, 1.807) is 6.20 Å². The van der Waals surface area contributed by atoms with E-state index in [4.69, 9.17) is 4.74 Å². The maximum atomic E-state index is 12.6. The van der Waals surface area contributed by atoms with Crippen molar-refractivity contribution in [3.05, 3.63) is 54.1 Å². The summed E-state index contributed by atoms with van der Waals surface area (Å²) in [6.07, 6.45) is 4.38. The molecule has 0 spiro atoms. The molecule has 2 aromatic rings. The van der Waals surface area contributed by atoms with Gasteiger partial charge in [-0.25, -0.2) is 0 Å². The van der Waals surface area contributed by atoms with Gasteiger partial charge < -0.3 is 14.2 Å². The minimum atomic E-state index is -0.0308. The minimum Gasteiger partial charge on any atom is -0.368 e. The van der Waals surface area contributed by atoms with E-state index in [0.29, 0.717) is 32.0 Å². The van der Waals surface area contributed by atoms with Crippen LogP contribution in [0.15, 0.2) is 42.7 Å². The maximum absolute atomic E-state index is 12.6. The zero-order valence-electron chi connectivity index (χ0n) is 14.4. The van der Waals surface area contributed by atoms with Crippen LogP contribution in [0.5, 0.6) is 0 Å². The standard InChI is InChI=1S/C19H25N3O2/c1-15(2)10-19(23)22-11-17-7-5-9-21(17)12-18(13-22)24-14-16-6-3-4-8-20-16/h3-9,15,18H,10-14H2,1-2H3/t18-/m1/s1. The highest BCUT2D eigenvalue weighted by molar-refractivity contribution is 5.76. The van der Waals surface area contributed by atoms with E-state index in [-0.39, 0.29) is 12.0 Å². The van der Waals surface area contributed by atoms with E-state index in [9.17, 15) is 4.79 Å². The van der Waals surface area contributed by atoms with Crippen molar-refractivity contribution in [2.24, 2.45) is 5.92 Å². The summed E-state index contributed by atoms with van der Waals surface area (Å²) in [6.45, 7) is 6.66. The van der Waals surface area contributed by atoms with Crippen molar-refractivity contribution in [2.45, 2.75) is 46.1 Å². The SMILES string of the molecule is CC(C)CC(=O)N1Cc2cccn2C[C@@H](OCc2ccccn2)C1. The fourth-order valence-corrected chi connectivity index (χ4v) is 3.01. The Kier molecular flexibility index (Phi) is 5.30. The first-order valence-corrected chi connectivity index (χ1v) is 8.55. The van der Waals surface area contributed by atoms with Gasteiger partial charge in [0.1, 0.15) is 0 Å². The molecule has 0 saturated carbocycles. The van der Waals surface area contributed by atoms with E-state index in [1.165, 1.54) is 0 Å².